The van der Waals surface area contributed by atoms with Crippen molar-refractivity contribution < 1.29 is 4.57 Å². The Kier molecular flexibility index (Phi) is 2.12. The summed E-state index contributed by atoms with van der Waals surface area (Å²) < 4.78 is 2.37. The van der Waals surface area contributed by atoms with Crippen LogP contribution in [0.5, 0.6) is 0 Å². The molecule has 17 heavy (non-hydrogen) atoms. The van der Waals surface area contributed by atoms with E-state index in [0.717, 1.165) is 6.54 Å². The van der Waals surface area contributed by atoms with Gasteiger partial charge in [-0.2, -0.15) is 4.57 Å². The fourth-order valence-electron chi connectivity index (χ4n) is 2.46. The molecule has 1 aliphatic heterocycles. The second kappa shape index (κ2) is 3.43. The van der Waals surface area contributed by atoms with Crippen molar-refractivity contribution in [2.75, 3.05) is 0 Å². The largest absolute Gasteiger partial charge is 0.213 e. The average molecular weight is 224 g/mol. The van der Waals surface area contributed by atoms with Crippen LogP contribution in [0.1, 0.15) is 31.9 Å². The Bertz CT molecular complexity index is 576. The molecule has 0 fully saturated rings. The summed E-state index contributed by atoms with van der Waals surface area (Å²) in [6, 6.07) is 13.2. The number of rotatable bonds is 0. The van der Waals surface area contributed by atoms with Gasteiger partial charge in [-0.1, -0.05) is 39.0 Å². The Labute approximate surface area is 103 Å². The minimum absolute atomic E-state index is 0.219. The van der Waals surface area contributed by atoms with Crippen LogP contribution in [0, 0.1) is 0 Å². The van der Waals surface area contributed by atoms with Gasteiger partial charge in [0.15, 0.2) is 12.7 Å². The zero-order valence-corrected chi connectivity index (χ0v) is 10.7. The molecule has 1 nitrogen and oxygen atoms in total. The van der Waals surface area contributed by atoms with Crippen LogP contribution in [0.2, 0.25) is 0 Å². The standard InChI is InChI=1S/C16H18N/c1-16(2,3)13-8-9-15-14-7-5-4-6-12(14)10-17(15)11-13/h4-9,11H,10H2,1-3H3/q+1. The Hall–Kier alpha value is -1.63. The Morgan fingerprint density at radius 3 is 2.53 bits per heavy atom. The van der Waals surface area contributed by atoms with Gasteiger partial charge in [0.1, 0.15) is 0 Å². The zero-order valence-electron chi connectivity index (χ0n) is 10.7. The molecule has 86 valence electrons. The van der Waals surface area contributed by atoms with Crippen LogP contribution in [-0.4, -0.2) is 0 Å². The van der Waals surface area contributed by atoms with E-state index in [9.17, 15) is 0 Å². The topological polar surface area (TPSA) is 3.88 Å². The van der Waals surface area contributed by atoms with Crippen molar-refractivity contribution in [2.24, 2.45) is 0 Å². The lowest BCUT2D eigenvalue weighted by molar-refractivity contribution is -0.672. The number of hydrogen-bond donors (Lipinski definition) is 0. The van der Waals surface area contributed by atoms with Crippen molar-refractivity contribution in [1.29, 1.82) is 0 Å². The molecular weight excluding hydrogens is 206 g/mol. The predicted molar refractivity (Wildman–Crippen MR) is 69.9 cm³/mol. The monoisotopic (exact) mass is 224 g/mol. The molecule has 1 aromatic heterocycles. The number of nitrogens with zero attached hydrogens (tertiary/aromatic N) is 1. The number of pyridine rings is 1. The number of aromatic nitrogens is 1. The van der Waals surface area contributed by atoms with Gasteiger partial charge >= 0.3 is 0 Å². The molecule has 1 aromatic carbocycles. The first kappa shape index (κ1) is 10.5. The van der Waals surface area contributed by atoms with Crippen molar-refractivity contribution in [3.05, 3.63) is 53.7 Å². The molecule has 2 aromatic rings. The summed E-state index contributed by atoms with van der Waals surface area (Å²) in [5.74, 6) is 0. The van der Waals surface area contributed by atoms with Gasteiger partial charge in [-0.3, -0.25) is 0 Å². The van der Waals surface area contributed by atoms with E-state index in [1.54, 1.807) is 0 Å². The van der Waals surface area contributed by atoms with Gasteiger partial charge in [-0.05, 0) is 17.5 Å². The quantitative estimate of drug-likeness (QED) is 0.516. The van der Waals surface area contributed by atoms with Crippen LogP contribution in [0.4, 0.5) is 0 Å². The summed E-state index contributed by atoms with van der Waals surface area (Å²) in [4.78, 5) is 0. The second-order valence-electron chi connectivity index (χ2n) is 5.84. The second-order valence-corrected chi connectivity index (χ2v) is 5.84. The lowest BCUT2D eigenvalue weighted by Crippen LogP contribution is -2.34. The van der Waals surface area contributed by atoms with Crippen molar-refractivity contribution >= 4 is 0 Å². The molecule has 0 N–H and O–H groups in total. The Morgan fingerprint density at radius 1 is 1.00 bits per heavy atom. The summed E-state index contributed by atoms with van der Waals surface area (Å²) in [5.41, 5.74) is 5.77. The molecule has 3 rings (SSSR count). The third-order valence-corrected chi connectivity index (χ3v) is 3.53. The summed E-state index contributed by atoms with van der Waals surface area (Å²) in [6.45, 7) is 7.79. The van der Waals surface area contributed by atoms with E-state index in [1.165, 1.54) is 22.4 Å². The van der Waals surface area contributed by atoms with Crippen LogP contribution in [0.15, 0.2) is 42.6 Å². The van der Waals surface area contributed by atoms with Crippen molar-refractivity contribution in [2.45, 2.75) is 32.7 Å². The van der Waals surface area contributed by atoms with Crippen LogP contribution in [0.25, 0.3) is 11.3 Å². The Morgan fingerprint density at radius 2 is 1.76 bits per heavy atom. The molecule has 1 heteroatoms. The highest BCUT2D eigenvalue weighted by Crippen LogP contribution is 2.28. The fraction of sp³-hybridized carbons (Fsp3) is 0.312. The fourth-order valence-corrected chi connectivity index (χ4v) is 2.46. The predicted octanol–water partition coefficient (Wildman–Crippen LogP) is 3.30. The molecule has 0 unspecified atom stereocenters. The molecule has 0 aliphatic carbocycles. The van der Waals surface area contributed by atoms with Gasteiger partial charge in [0.2, 0.25) is 5.69 Å². The lowest BCUT2D eigenvalue weighted by Gasteiger charge is -2.16. The highest BCUT2D eigenvalue weighted by atomic mass is 15.0. The SMILES string of the molecule is CC(C)(C)c1ccc2[n+](c1)Cc1ccccc1-2. The van der Waals surface area contributed by atoms with Crippen LogP contribution in [0.3, 0.4) is 0 Å². The number of fused-ring (bicyclic) bond motifs is 3. The minimum atomic E-state index is 0.219. The van der Waals surface area contributed by atoms with Gasteiger partial charge in [0.05, 0.1) is 5.56 Å². The van der Waals surface area contributed by atoms with Gasteiger partial charge in [-0.25, -0.2) is 0 Å². The first-order valence-electron chi connectivity index (χ1n) is 6.18. The summed E-state index contributed by atoms with van der Waals surface area (Å²) in [7, 11) is 0. The van der Waals surface area contributed by atoms with E-state index in [1.807, 2.05) is 0 Å². The third-order valence-electron chi connectivity index (χ3n) is 3.53. The summed E-state index contributed by atoms with van der Waals surface area (Å²) in [5, 5.41) is 0. The minimum Gasteiger partial charge on any atom is -0.194 e. The lowest BCUT2D eigenvalue weighted by atomic mass is 9.88. The maximum Gasteiger partial charge on any atom is 0.213 e. The molecule has 0 radical (unpaired) electrons. The first-order chi connectivity index (χ1) is 8.05. The van der Waals surface area contributed by atoms with E-state index < -0.39 is 0 Å². The smallest absolute Gasteiger partial charge is 0.194 e. The molecule has 2 heterocycles. The van der Waals surface area contributed by atoms with E-state index >= 15 is 0 Å². The van der Waals surface area contributed by atoms with Crippen molar-refractivity contribution in [1.82, 2.24) is 0 Å². The molecule has 0 atom stereocenters. The molecule has 0 spiro atoms. The van der Waals surface area contributed by atoms with Crippen molar-refractivity contribution in [3.8, 4) is 11.3 Å². The average Bonchev–Trinajstić information content (AvgIpc) is 2.65. The summed E-state index contributed by atoms with van der Waals surface area (Å²) >= 11 is 0. The Balaban J connectivity index is 2.13. The van der Waals surface area contributed by atoms with Gasteiger partial charge in [-0.15, -0.1) is 0 Å². The molecule has 0 saturated heterocycles. The molecule has 1 aliphatic rings. The van der Waals surface area contributed by atoms with Gasteiger partial charge in [0.25, 0.3) is 0 Å². The molecule has 0 amide bonds. The van der Waals surface area contributed by atoms with Crippen LogP contribution in [-0.2, 0) is 12.0 Å². The van der Waals surface area contributed by atoms with Crippen LogP contribution < -0.4 is 4.57 Å². The van der Waals surface area contributed by atoms with Crippen LogP contribution >= 0.6 is 0 Å². The third kappa shape index (κ3) is 1.66. The highest BCUT2D eigenvalue weighted by Gasteiger charge is 2.27. The van der Waals surface area contributed by atoms with Crippen molar-refractivity contribution in [3.63, 3.8) is 0 Å². The zero-order chi connectivity index (χ0) is 12.0. The van der Waals surface area contributed by atoms with E-state index in [-0.39, 0.29) is 5.41 Å². The molecular formula is C16H18N+. The maximum absolute atomic E-state index is 2.37. The normalized spacial score (nSPS) is 13.4. The summed E-state index contributed by atoms with van der Waals surface area (Å²) in [6.07, 6.45) is 2.30. The van der Waals surface area contributed by atoms with E-state index in [0.29, 0.717) is 0 Å². The molecule has 0 saturated carbocycles. The van der Waals surface area contributed by atoms with E-state index in [4.69, 9.17) is 0 Å². The number of hydrogen-bond acceptors (Lipinski definition) is 0. The van der Waals surface area contributed by atoms with E-state index in [2.05, 4.69) is 67.9 Å². The maximum atomic E-state index is 2.37. The van der Waals surface area contributed by atoms with Gasteiger partial charge in [0, 0.05) is 17.2 Å². The van der Waals surface area contributed by atoms with Gasteiger partial charge < -0.3 is 0 Å². The first-order valence-corrected chi connectivity index (χ1v) is 6.18. The molecule has 0 bridgehead atoms. The number of benzene rings is 1. The highest BCUT2D eigenvalue weighted by molar-refractivity contribution is 5.63.